The molecule has 4 nitrogen and oxygen atoms in total. The van der Waals surface area contributed by atoms with E-state index in [1.165, 1.54) is 0 Å². The Morgan fingerprint density at radius 3 is 2.21 bits per heavy atom. The molecule has 1 fully saturated rings. The van der Waals surface area contributed by atoms with Gasteiger partial charge in [-0.15, -0.1) is 0 Å². The predicted molar refractivity (Wildman–Crippen MR) is 74.8 cm³/mol. The maximum Gasteiger partial charge on any atom is 0.308 e. The van der Waals surface area contributed by atoms with Crippen LogP contribution >= 0.6 is 0 Å². The molecule has 110 valence electrons. The SMILES string of the molecule is CC(C)(C)CC(=O)NC1CCCCCCC1C(=O)O. The summed E-state index contributed by atoms with van der Waals surface area (Å²) in [5.74, 6) is -1.23. The zero-order valence-corrected chi connectivity index (χ0v) is 12.4. The predicted octanol–water partition coefficient (Wildman–Crippen LogP) is 2.96. The zero-order chi connectivity index (χ0) is 14.5. The fraction of sp³-hybridized carbons (Fsp3) is 0.867. The Bertz CT molecular complexity index is 320. The molecule has 0 aromatic carbocycles. The lowest BCUT2D eigenvalue weighted by molar-refractivity contribution is -0.143. The van der Waals surface area contributed by atoms with Crippen molar-refractivity contribution in [2.45, 2.75) is 71.8 Å². The average molecular weight is 269 g/mol. The molecule has 0 saturated heterocycles. The van der Waals surface area contributed by atoms with E-state index in [0.29, 0.717) is 12.8 Å². The second kappa shape index (κ2) is 6.92. The molecule has 2 N–H and O–H groups in total. The van der Waals surface area contributed by atoms with E-state index in [9.17, 15) is 14.7 Å². The molecule has 1 aliphatic rings. The van der Waals surface area contributed by atoms with Crippen molar-refractivity contribution < 1.29 is 14.7 Å². The lowest BCUT2D eigenvalue weighted by Gasteiger charge is -2.28. The van der Waals surface area contributed by atoms with Gasteiger partial charge in [-0.1, -0.05) is 46.5 Å². The van der Waals surface area contributed by atoms with Gasteiger partial charge >= 0.3 is 5.97 Å². The van der Waals surface area contributed by atoms with Crippen LogP contribution < -0.4 is 5.32 Å². The first-order valence-electron chi connectivity index (χ1n) is 7.32. The van der Waals surface area contributed by atoms with Crippen LogP contribution in [0.1, 0.15) is 65.7 Å². The molecule has 0 aromatic rings. The molecular weight excluding hydrogens is 242 g/mol. The molecule has 2 atom stereocenters. The van der Waals surface area contributed by atoms with Crippen LogP contribution in [0.25, 0.3) is 0 Å². The van der Waals surface area contributed by atoms with Gasteiger partial charge in [0.05, 0.1) is 5.92 Å². The van der Waals surface area contributed by atoms with E-state index >= 15 is 0 Å². The van der Waals surface area contributed by atoms with Gasteiger partial charge in [0.25, 0.3) is 0 Å². The number of hydrogen-bond acceptors (Lipinski definition) is 2. The number of carbonyl (C=O) groups is 2. The molecule has 1 amide bonds. The minimum absolute atomic E-state index is 0.0238. The van der Waals surface area contributed by atoms with E-state index in [2.05, 4.69) is 5.32 Å². The topological polar surface area (TPSA) is 66.4 Å². The lowest BCUT2D eigenvalue weighted by Crippen LogP contribution is -2.44. The van der Waals surface area contributed by atoms with Crippen molar-refractivity contribution in [3.63, 3.8) is 0 Å². The minimum Gasteiger partial charge on any atom is -0.481 e. The normalized spacial score (nSPS) is 25.2. The van der Waals surface area contributed by atoms with E-state index in [1.807, 2.05) is 20.8 Å². The highest BCUT2D eigenvalue weighted by atomic mass is 16.4. The fourth-order valence-electron chi connectivity index (χ4n) is 2.69. The monoisotopic (exact) mass is 269 g/mol. The van der Waals surface area contributed by atoms with E-state index in [0.717, 1.165) is 32.1 Å². The molecule has 0 heterocycles. The molecule has 0 aromatic heterocycles. The standard InChI is InChI=1S/C15H27NO3/c1-15(2,3)10-13(17)16-12-9-7-5-4-6-8-11(12)14(18)19/h11-12H,4-10H2,1-3H3,(H,16,17)(H,18,19). The van der Waals surface area contributed by atoms with Gasteiger partial charge < -0.3 is 10.4 Å². The van der Waals surface area contributed by atoms with E-state index in [-0.39, 0.29) is 17.4 Å². The summed E-state index contributed by atoms with van der Waals surface area (Å²) in [4.78, 5) is 23.3. The summed E-state index contributed by atoms with van der Waals surface area (Å²) in [5, 5.41) is 12.3. The summed E-state index contributed by atoms with van der Waals surface area (Å²) < 4.78 is 0. The van der Waals surface area contributed by atoms with Crippen molar-refractivity contribution >= 4 is 11.9 Å². The van der Waals surface area contributed by atoms with Gasteiger partial charge in [0.2, 0.25) is 5.91 Å². The second-order valence-electron chi connectivity index (χ2n) is 6.85. The molecule has 0 aliphatic heterocycles. The Balaban J connectivity index is 2.63. The number of carbonyl (C=O) groups excluding carboxylic acids is 1. The zero-order valence-electron chi connectivity index (χ0n) is 12.4. The fourth-order valence-corrected chi connectivity index (χ4v) is 2.69. The van der Waals surface area contributed by atoms with Gasteiger partial charge in [-0.05, 0) is 18.3 Å². The van der Waals surface area contributed by atoms with Crippen LogP contribution in [0.3, 0.4) is 0 Å². The van der Waals surface area contributed by atoms with Gasteiger partial charge in [0.15, 0.2) is 0 Å². The smallest absolute Gasteiger partial charge is 0.308 e. The largest absolute Gasteiger partial charge is 0.481 e. The van der Waals surface area contributed by atoms with E-state index in [4.69, 9.17) is 0 Å². The molecule has 2 unspecified atom stereocenters. The van der Waals surface area contributed by atoms with E-state index in [1.54, 1.807) is 0 Å². The Labute approximate surface area is 116 Å². The van der Waals surface area contributed by atoms with Gasteiger partial charge in [0.1, 0.15) is 0 Å². The van der Waals surface area contributed by atoms with Crippen molar-refractivity contribution in [3.8, 4) is 0 Å². The van der Waals surface area contributed by atoms with Crippen LogP contribution in [-0.4, -0.2) is 23.0 Å². The molecule has 0 spiro atoms. The van der Waals surface area contributed by atoms with E-state index < -0.39 is 11.9 Å². The Morgan fingerprint density at radius 2 is 1.68 bits per heavy atom. The molecule has 1 aliphatic carbocycles. The van der Waals surface area contributed by atoms with Crippen molar-refractivity contribution in [1.82, 2.24) is 5.32 Å². The second-order valence-corrected chi connectivity index (χ2v) is 6.85. The first-order valence-corrected chi connectivity index (χ1v) is 7.32. The van der Waals surface area contributed by atoms with Gasteiger partial charge in [-0.2, -0.15) is 0 Å². The third-order valence-electron chi connectivity index (χ3n) is 3.62. The molecule has 19 heavy (non-hydrogen) atoms. The molecule has 1 rings (SSSR count). The molecule has 1 saturated carbocycles. The van der Waals surface area contributed by atoms with Crippen LogP contribution in [0.15, 0.2) is 0 Å². The Kier molecular flexibility index (Phi) is 5.83. The molecular formula is C15H27NO3. The third-order valence-corrected chi connectivity index (χ3v) is 3.62. The minimum atomic E-state index is -0.775. The first-order chi connectivity index (χ1) is 8.79. The van der Waals surface area contributed by atoms with Gasteiger partial charge in [-0.25, -0.2) is 0 Å². The van der Waals surface area contributed by atoms with Gasteiger partial charge in [-0.3, -0.25) is 9.59 Å². The average Bonchev–Trinajstić information content (AvgIpc) is 2.18. The number of carboxylic acids is 1. The highest BCUT2D eigenvalue weighted by Gasteiger charge is 2.30. The molecule has 0 radical (unpaired) electrons. The summed E-state index contributed by atoms with van der Waals surface area (Å²) in [6.45, 7) is 6.04. The van der Waals surface area contributed by atoms with Crippen LogP contribution in [0.5, 0.6) is 0 Å². The Hall–Kier alpha value is -1.06. The van der Waals surface area contributed by atoms with Crippen LogP contribution in [0.2, 0.25) is 0 Å². The highest BCUT2D eigenvalue weighted by Crippen LogP contribution is 2.24. The number of aliphatic carboxylic acids is 1. The summed E-state index contributed by atoms with van der Waals surface area (Å²) in [5.41, 5.74) is -0.0651. The van der Waals surface area contributed by atoms with Crippen molar-refractivity contribution in [2.75, 3.05) is 0 Å². The van der Waals surface area contributed by atoms with Crippen molar-refractivity contribution in [3.05, 3.63) is 0 Å². The summed E-state index contributed by atoms with van der Waals surface area (Å²) >= 11 is 0. The molecule has 0 bridgehead atoms. The number of nitrogens with one attached hydrogen (secondary N) is 1. The van der Waals surface area contributed by atoms with Gasteiger partial charge in [0, 0.05) is 12.5 Å². The van der Waals surface area contributed by atoms with Crippen molar-refractivity contribution in [1.29, 1.82) is 0 Å². The van der Waals surface area contributed by atoms with Crippen LogP contribution in [0, 0.1) is 11.3 Å². The number of hydrogen-bond donors (Lipinski definition) is 2. The quantitative estimate of drug-likeness (QED) is 0.827. The lowest BCUT2D eigenvalue weighted by atomic mass is 9.86. The molecule has 4 heteroatoms. The maximum atomic E-state index is 12.0. The number of rotatable bonds is 3. The highest BCUT2D eigenvalue weighted by molar-refractivity contribution is 5.78. The number of amides is 1. The first kappa shape index (κ1) is 16.0. The summed E-state index contributed by atoms with van der Waals surface area (Å²) in [6, 6.07) is -0.201. The van der Waals surface area contributed by atoms with Crippen molar-refractivity contribution in [2.24, 2.45) is 11.3 Å². The van der Waals surface area contributed by atoms with Crippen LogP contribution in [0.4, 0.5) is 0 Å². The number of carboxylic acid groups (broad SMARTS) is 1. The summed E-state index contributed by atoms with van der Waals surface area (Å²) in [6.07, 6.45) is 6.09. The van der Waals surface area contributed by atoms with Crippen LogP contribution in [-0.2, 0) is 9.59 Å². The maximum absolute atomic E-state index is 12.0. The third kappa shape index (κ3) is 6.08. The Morgan fingerprint density at radius 1 is 1.11 bits per heavy atom. The summed E-state index contributed by atoms with van der Waals surface area (Å²) in [7, 11) is 0.